The van der Waals surface area contributed by atoms with Crippen LogP contribution in [0.2, 0.25) is 0 Å². The number of rotatable bonds is 14. The number of aliphatic hydroxyl groups excluding tert-OH is 1. The van der Waals surface area contributed by atoms with E-state index in [1.165, 1.54) is 32.8 Å². The maximum Gasteiger partial charge on any atom is 0.305 e. The molecule has 0 saturated heterocycles. The summed E-state index contributed by atoms with van der Waals surface area (Å²) >= 11 is 0. The molecule has 0 saturated carbocycles. The lowest BCUT2D eigenvalue weighted by Gasteiger charge is -2.06. The Balaban J connectivity index is 2.35. The van der Waals surface area contributed by atoms with Crippen LogP contribution in [0, 0.1) is 0 Å². The molecule has 0 fully saturated rings. The van der Waals surface area contributed by atoms with Gasteiger partial charge in [0.05, 0.1) is 18.9 Å². The molecule has 2 N–H and O–H groups in total. The van der Waals surface area contributed by atoms with Crippen molar-refractivity contribution in [3.05, 3.63) is 30.0 Å². The summed E-state index contributed by atoms with van der Waals surface area (Å²) < 4.78 is 4.55. The van der Waals surface area contributed by atoms with Gasteiger partial charge in [0.1, 0.15) is 5.82 Å². The van der Waals surface area contributed by atoms with E-state index in [1.807, 2.05) is 6.07 Å². The molecule has 0 bridgehead atoms. The van der Waals surface area contributed by atoms with Gasteiger partial charge in [-0.25, -0.2) is 4.98 Å². The quantitative estimate of drug-likeness (QED) is 0.361. The number of ether oxygens (including phenoxy) is 1. The number of hydrogen-bond donors (Lipinski definition) is 2. The van der Waals surface area contributed by atoms with Crippen LogP contribution in [0.5, 0.6) is 0 Å². The van der Waals surface area contributed by atoms with Crippen molar-refractivity contribution in [1.82, 2.24) is 4.98 Å². The Morgan fingerprint density at radius 2 is 1.89 bits per heavy atom. The summed E-state index contributed by atoms with van der Waals surface area (Å²) in [6, 6.07) is 5.33. The van der Waals surface area contributed by atoms with E-state index in [4.69, 9.17) is 0 Å². The van der Waals surface area contributed by atoms with Crippen molar-refractivity contribution >= 4 is 23.8 Å². The monoisotopic (exact) mass is 390 g/mol. The van der Waals surface area contributed by atoms with Crippen LogP contribution in [0.25, 0.3) is 6.08 Å². The summed E-state index contributed by atoms with van der Waals surface area (Å²) in [4.78, 5) is 27.3. The predicted molar refractivity (Wildman–Crippen MR) is 112 cm³/mol. The van der Waals surface area contributed by atoms with E-state index >= 15 is 0 Å². The minimum Gasteiger partial charge on any atom is -0.469 e. The van der Waals surface area contributed by atoms with Crippen LogP contribution in [0.15, 0.2) is 24.3 Å². The van der Waals surface area contributed by atoms with Crippen LogP contribution in [-0.4, -0.2) is 35.2 Å². The highest BCUT2D eigenvalue weighted by Crippen LogP contribution is 2.12. The second kappa shape index (κ2) is 14.8. The minimum absolute atomic E-state index is 0.194. The summed E-state index contributed by atoms with van der Waals surface area (Å²) in [6.07, 6.45) is 11.9. The van der Waals surface area contributed by atoms with Gasteiger partial charge in [0.25, 0.3) is 0 Å². The topological polar surface area (TPSA) is 88.5 Å². The first-order valence-corrected chi connectivity index (χ1v) is 10.2. The highest BCUT2D eigenvalue weighted by molar-refractivity contribution is 5.90. The van der Waals surface area contributed by atoms with Gasteiger partial charge in [-0.05, 0) is 31.1 Å². The number of amides is 1. The average Bonchev–Trinajstić information content (AvgIpc) is 2.69. The van der Waals surface area contributed by atoms with Crippen molar-refractivity contribution < 1.29 is 19.4 Å². The van der Waals surface area contributed by atoms with Crippen molar-refractivity contribution in [1.29, 1.82) is 0 Å². The largest absolute Gasteiger partial charge is 0.469 e. The lowest BCUT2D eigenvalue weighted by Crippen LogP contribution is -2.13. The third-order valence-electron chi connectivity index (χ3n) is 4.39. The number of pyridine rings is 1. The first kappa shape index (κ1) is 23.8. The van der Waals surface area contributed by atoms with Crippen LogP contribution >= 0.6 is 0 Å². The van der Waals surface area contributed by atoms with Gasteiger partial charge in [0.15, 0.2) is 0 Å². The van der Waals surface area contributed by atoms with Gasteiger partial charge >= 0.3 is 5.97 Å². The third kappa shape index (κ3) is 11.5. The van der Waals surface area contributed by atoms with Crippen molar-refractivity contribution in [3.63, 3.8) is 0 Å². The zero-order chi connectivity index (χ0) is 20.6. The molecule has 6 nitrogen and oxygen atoms in total. The maximum absolute atomic E-state index is 11.9. The van der Waals surface area contributed by atoms with Crippen LogP contribution in [0.1, 0.15) is 76.8 Å². The summed E-state index contributed by atoms with van der Waals surface area (Å²) in [6.45, 7) is 2.20. The number of nitrogens with one attached hydrogen (secondary N) is 1. The van der Waals surface area contributed by atoms with Crippen molar-refractivity contribution in [3.8, 4) is 0 Å². The zero-order valence-corrected chi connectivity index (χ0v) is 17.2. The highest BCUT2D eigenvalue weighted by atomic mass is 16.5. The summed E-state index contributed by atoms with van der Waals surface area (Å²) in [5.41, 5.74) is 0.675. The van der Waals surface area contributed by atoms with Crippen molar-refractivity contribution in [2.75, 3.05) is 12.4 Å². The molecule has 1 aromatic heterocycles. The summed E-state index contributed by atoms with van der Waals surface area (Å²) in [5.74, 6) is -0.0613. The SMILES string of the molecule is CCCCCCCCC(O)/C=C/c1cccc(NC(=O)CCCC(=O)OC)n1. The number of carbonyl (C=O) groups is 2. The lowest BCUT2D eigenvalue weighted by molar-refractivity contribution is -0.140. The van der Waals surface area contributed by atoms with Crippen LogP contribution in [0.3, 0.4) is 0 Å². The van der Waals surface area contributed by atoms with E-state index in [0.717, 1.165) is 19.3 Å². The van der Waals surface area contributed by atoms with Gasteiger partial charge in [0, 0.05) is 12.8 Å². The van der Waals surface area contributed by atoms with Crippen LogP contribution < -0.4 is 5.32 Å². The number of aliphatic hydroxyl groups is 1. The Morgan fingerprint density at radius 3 is 2.64 bits per heavy atom. The normalized spacial score (nSPS) is 12.1. The molecule has 0 aliphatic rings. The van der Waals surface area contributed by atoms with E-state index in [1.54, 1.807) is 24.3 Å². The molecular formula is C22H34N2O4. The Morgan fingerprint density at radius 1 is 1.14 bits per heavy atom. The maximum atomic E-state index is 11.9. The molecule has 28 heavy (non-hydrogen) atoms. The Kier molecular flexibility index (Phi) is 12.6. The molecule has 0 radical (unpaired) electrons. The predicted octanol–water partition coefficient (Wildman–Crippen LogP) is 4.49. The molecular weight excluding hydrogens is 356 g/mol. The molecule has 1 heterocycles. The third-order valence-corrected chi connectivity index (χ3v) is 4.39. The molecule has 156 valence electrons. The number of methoxy groups -OCH3 is 1. The standard InChI is InChI=1S/C22H34N2O4/c1-3-4-5-6-7-8-12-19(25)17-16-18-11-9-13-20(23-18)24-21(26)14-10-15-22(27)28-2/h9,11,13,16-17,19,25H,3-8,10,12,14-15H2,1-2H3,(H,23,24,26)/b17-16+. The van der Waals surface area contributed by atoms with E-state index in [-0.39, 0.29) is 24.7 Å². The second-order valence-corrected chi connectivity index (χ2v) is 6.91. The highest BCUT2D eigenvalue weighted by Gasteiger charge is 2.06. The molecule has 6 heteroatoms. The van der Waals surface area contributed by atoms with E-state index in [2.05, 4.69) is 22.0 Å². The number of carbonyl (C=O) groups excluding carboxylic acids is 2. The molecule has 0 aliphatic heterocycles. The van der Waals surface area contributed by atoms with Gasteiger partial charge < -0.3 is 15.2 Å². The number of esters is 1. The lowest BCUT2D eigenvalue weighted by atomic mass is 10.1. The van der Waals surface area contributed by atoms with Crippen molar-refractivity contribution in [2.45, 2.75) is 77.2 Å². The van der Waals surface area contributed by atoms with Gasteiger partial charge in [-0.3, -0.25) is 9.59 Å². The van der Waals surface area contributed by atoms with Gasteiger partial charge in [-0.2, -0.15) is 0 Å². The minimum atomic E-state index is -0.482. The number of anilines is 1. The average molecular weight is 391 g/mol. The molecule has 0 spiro atoms. The molecule has 0 aliphatic carbocycles. The van der Waals surface area contributed by atoms with Crippen molar-refractivity contribution in [2.24, 2.45) is 0 Å². The van der Waals surface area contributed by atoms with Crippen LogP contribution in [0.4, 0.5) is 5.82 Å². The fraction of sp³-hybridized carbons (Fsp3) is 0.591. The van der Waals surface area contributed by atoms with E-state index in [0.29, 0.717) is 17.9 Å². The first-order chi connectivity index (χ1) is 13.5. The second-order valence-electron chi connectivity index (χ2n) is 6.91. The number of aromatic nitrogens is 1. The fourth-order valence-electron chi connectivity index (χ4n) is 2.75. The number of hydrogen-bond acceptors (Lipinski definition) is 5. The van der Waals surface area contributed by atoms with Gasteiger partial charge in [-0.1, -0.05) is 57.6 Å². The molecule has 1 amide bonds. The smallest absolute Gasteiger partial charge is 0.305 e. The van der Waals surface area contributed by atoms with Gasteiger partial charge in [-0.15, -0.1) is 0 Å². The molecule has 1 aromatic rings. The number of unbranched alkanes of at least 4 members (excludes halogenated alkanes) is 5. The summed E-state index contributed by atoms with van der Waals surface area (Å²) in [7, 11) is 1.33. The molecule has 0 aromatic carbocycles. The van der Waals surface area contributed by atoms with E-state index < -0.39 is 6.10 Å². The Hall–Kier alpha value is -2.21. The van der Waals surface area contributed by atoms with E-state index in [9.17, 15) is 14.7 Å². The first-order valence-electron chi connectivity index (χ1n) is 10.2. The fourth-order valence-corrected chi connectivity index (χ4v) is 2.75. The summed E-state index contributed by atoms with van der Waals surface area (Å²) in [5, 5.41) is 12.8. The zero-order valence-electron chi connectivity index (χ0n) is 17.2. The molecule has 1 atom stereocenters. The Bertz CT molecular complexity index is 616. The van der Waals surface area contributed by atoms with Gasteiger partial charge in [0.2, 0.25) is 5.91 Å². The Labute approximate surface area is 168 Å². The molecule has 1 unspecified atom stereocenters. The molecule has 1 rings (SSSR count). The number of nitrogens with zero attached hydrogens (tertiary/aromatic N) is 1. The van der Waals surface area contributed by atoms with Crippen LogP contribution in [-0.2, 0) is 14.3 Å².